The molecule has 458 valence electrons. The maximum atomic E-state index is 12.9. The number of unbranched alkanes of at least 4 members (excludes halogenated alkanes) is 40. The van der Waals surface area contributed by atoms with Crippen LogP contribution in [0.5, 0.6) is 0 Å². The predicted octanol–water partition coefficient (Wildman–Crippen LogP) is 23.7. The van der Waals surface area contributed by atoms with E-state index in [4.69, 9.17) is 14.2 Å². The third kappa shape index (κ3) is 65.5. The van der Waals surface area contributed by atoms with E-state index >= 15 is 0 Å². The zero-order valence-corrected chi connectivity index (χ0v) is 52.6. The standard InChI is InChI=1S/C73H130O6/c1-4-7-10-13-16-18-20-22-24-26-28-30-31-32-33-34-35-36-37-38-39-40-41-42-43-44-46-47-49-51-53-55-57-60-63-66-72(75)78-69-70(68-77-71(74)65-62-59-15-12-9-6-3)79-73(76)67-64-61-58-56-54-52-50-48-45-29-27-25-23-21-19-17-14-11-8-5-2/h7,10,16,18,22,24,28,30,32-33,35-36,70H,4-6,8-9,11-15,17,19-21,23,25-27,29,31,34,37-69H2,1-3H3/b10-7-,18-16-,24-22-,30-28-,33-32-,36-35-. The topological polar surface area (TPSA) is 78.9 Å². The fourth-order valence-corrected chi connectivity index (χ4v) is 10.1. The van der Waals surface area contributed by atoms with Crippen molar-refractivity contribution in [3.63, 3.8) is 0 Å². The summed E-state index contributed by atoms with van der Waals surface area (Å²) in [6.45, 7) is 6.52. The van der Waals surface area contributed by atoms with Crippen LogP contribution in [-0.4, -0.2) is 37.2 Å². The van der Waals surface area contributed by atoms with Crippen molar-refractivity contribution in [2.45, 2.75) is 361 Å². The Kier molecular flexibility index (Phi) is 64.7. The molecule has 0 fully saturated rings. The third-order valence-corrected chi connectivity index (χ3v) is 15.2. The molecule has 0 aromatic carbocycles. The van der Waals surface area contributed by atoms with Crippen molar-refractivity contribution in [1.82, 2.24) is 0 Å². The predicted molar refractivity (Wildman–Crippen MR) is 344 cm³/mol. The molecule has 0 heterocycles. The molecule has 79 heavy (non-hydrogen) atoms. The van der Waals surface area contributed by atoms with Gasteiger partial charge in [-0.25, -0.2) is 0 Å². The van der Waals surface area contributed by atoms with Gasteiger partial charge in [-0.1, -0.05) is 338 Å². The molecule has 0 saturated heterocycles. The molecule has 1 unspecified atom stereocenters. The van der Waals surface area contributed by atoms with E-state index in [0.29, 0.717) is 19.3 Å². The van der Waals surface area contributed by atoms with Crippen molar-refractivity contribution < 1.29 is 28.6 Å². The number of allylic oxidation sites excluding steroid dienone is 12. The van der Waals surface area contributed by atoms with Crippen molar-refractivity contribution in [1.29, 1.82) is 0 Å². The lowest BCUT2D eigenvalue weighted by Gasteiger charge is -2.18. The van der Waals surface area contributed by atoms with Gasteiger partial charge in [-0.2, -0.15) is 0 Å². The Morgan fingerprint density at radius 3 is 0.772 bits per heavy atom. The van der Waals surface area contributed by atoms with Gasteiger partial charge >= 0.3 is 17.9 Å². The van der Waals surface area contributed by atoms with E-state index in [2.05, 4.69) is 93.7 Å². The summed E-state index contributed by atoms with van der Waals surface area (Å²) in [5.41, 5.74) is 0. The Balaban J connectivity index is 3.96. The van der Waals surface area contributed by atoms with Crippen molar-refractivity contribution >= 4 is 17.9 Å². The van der Waals surface area contributed by atoms with Gasteiger partial charge in [-0.15, -0.1) is 0 Å². The average Bonchev–Trinajstić information content (AvgIpc) is 3.45. The normalized spacial score (nSPS) is 12.5. The Labute approximate surface area is 491 Å². The highest BCUT2D eigenvalue weighted by atomic mass is 16.6. The van der Waals surface area contributed by atoms with Gasteiger partial charge in [0.05, 0.1) is 0 Å². The highest BCUT2D eigenvalue weighted by Crippen LogP contribution is 2.18. The summed E-state index contributed by atoms with van der Waals surface area (Å²) in [6, 6.07) is 0. The van der Waals surface area contributed by atoms with Crippen LogP contribution in [0.3, 0.4) is 0 Å². The molecule has 0 aliphatic rings. The van der Waals surface area contributed by atoms with E-state index in [9.17, 15) is 14.4 Å². The summed E-state index contributed by atoms with van der Waals surface area (Å²) in [6.07, 6.45) is 88.3. The van der Waals surface area contributed by atoms with Gasteiger partial charge < -0.3 is 14.2 Å². The molecule has 0 aliphatic heterocycles. The highest BCUT2D eigenvalue weighted by Gasteiger charge is 2.19. The van der Waals surface area contributed by atoms with Crippen molar-refractivity contribution in [3.8, 4) is 0 Å². The SMILES string of the molecule is CC/C=C\C/C=C\C/C=C\C/C=C\C/C=C\C/C=C\CCCCCCCCCCCCCCCCCCC(=O)OCC(COC(=O)CCCCCCCC)OC(=O)CCCCCCCCCCCCCCCCCCCCCC. The van der Waals surface area contributed by atoms with E-state index in [1.165, 1.54) is 218 Å². The summed E-state index contributed by atoms with van der Waals surface area (Å²) in [5, 5.41) is 0. The first kappa shape index (κ1) is 75.8. The van der Waals surface area contributed by atoms with Crippen molar-refractivity contribution in [2.24, 2.45) is 0 Å². The second-order valence-corrected chi connectivity index (χ2v) is 23.1. The lowest BCUT2D eigenvalue weighted by atomic mass is 10.0. The maximum Gasteiger partial charge on any atom is 0.306 e. The largest absolute Gasteiger partial charge is 0.462 e. The molecule has 0 saturated carbocycles. The Hall–Kier alpha value is -3.15. The molecule has 6 heteroatoms. The number of hydrogen-bond acceptors (Lipinski definition) is 6. The second-order valence-electron chi connectivity index (χ2n) is 23.1. The van der Waals surface area contributed by atoms with Gasteiger partial charge in [-0.3, -0.25) is 14.4 Å². The molecule has 0 aliphatic carbocycles. The molecule has 0 bridgehead atoms. The second kappa shape index (κ2) is 67.4. The number of ether oxygens (including phenoxy) is 3. The summed E-state index contributed by atoms with van der Waals surface area (Å²) < 4.78 is 16.8. The zero-order valence-electron chi connectivity index (χ0n) is 52.6. The van der Waals surface area contributed by atoms with Crippen LogP contribution < -0.4 is 0 Å². The number of rotatable bonds is 63. The molecular formula is C73H130O6. The Bertz CT molecular complexity index is 1450. The van der Waals surface area contributed by atoms with Crippen LogP contribution in [0, 0.1) is 0 Å². The van der Waals surface area contributed by atoms with Crippen LogP contribution in [0.4, 0.5) is 0 Å². The van der Waals surface area contributed by atoms with E-state index < -0.39 is 6.10 Å². The monoisotopic (exact) mass is 1100 g/mol. The quantitative estimate of drug-likeness (QED) is 0.0261. The van der Waals surface area contributed by atoms with Crippen LogP contribution in [0.1, 0.15) is 355 Å². The molecule has 0 spiro atoms. The summed E-state index contributed by atoms with van der Waals surface area (Å²) in [4.78, 5) is 38.1. The van der Waals surface area contributed by atoms with E-state index in [1.54, 1.807) is 0 Å². The lowest BCUT2D eigenvalue weighted by Crippen LogP contribution is -2.30. The average molecular weight is 1100 g/mol. The first-order chi connectivity index (χ1) is 39.0. The minimum Gasteiger partial charge on any atom is -0.462 e. The van der Waals surface area contributed by atoms with Gasteiger partial charge in [0.15, 0.2) is 6.10 Å². The lowest BCUT2D eigenvalue weighted by molar-refractivity contribution is -0.167. The molecule has 0 radical (unpaired) electrons. The number of hydrogen-bond donors (Lipinski definition) is 0. The summed E-state index contributed by atoms with van der Waals surface area (Å²) in [5.74, 6) is -0.858. The Morgan fingerprint density at radius 1 is 0.266 bits per heavy atom. The molecule has 0 rings (SSSR count). The molecular weight excluding hydrogens is 973 g/mol. The van der Waals surface area contributed by atoms with E-state index in [1.807, 2.05) is 0 Å². The summed E-state index contributed by atoms with van der Waals surface area (Å²) >= 11 is 0. The molecule has 0 N–H and O–H groups in total. The maximum absolute atomic E-state index is 12.9. The summed E-state index contributed by atoms with van der Waals surface area (Å²) in [7, 11) is 0. The van der Waals surface area contributed by atoms with Crippen molar-refractivity contribution in [2.75, 3.05) is 13.2 Å². The van der Waals surface area contributed by atoms with Crippen LogP contribution >= 0.6 is 0 Å². The van der Waals surface area contributed by atoms with Crippen LogP contribution in [-0.2, 0) is 28.6 Å². The van der Waals surface area contributed by atoms with Gasteiger partial charge in [0.2, 0.25) is 0 Å². The number of carbonyl (C=O) groups is 3. The Morgan fingerprint density at radius 2 is 0.494 bits per heavy atom. The molecule has 6 nitrogen and oxygen atoms in total. The molecule has 1 atom stereocenters. The minimum atomic E-state index is -0.768. The molecule has 0 aromatic heterocycles. The van der Waals surface area contributed by atoms with Gasteiger partial charge in [0, 0.05) is 19.3 Å². The van der Waals surface area contributed by atoms with E-state index in [0.717, 1.165) is 96.3 Å². The molecule has 0 aromatic rings. The van der Waals surface area contributed by atoms with Crippen LogP contribution in [0.2, 0.25) is 0 Å². The highest BCUT2D eigenvalue weighted by molar-refractivity contribution is 5.71. The number of esters is 3. The van der Waals surface area contributed by atoms with Crippen molar-refractivity contribution in [3.05, 3.63) is 72.9 Å². The van der Waals surface area contributed by atoms with Crippen LogP contribution in [0.15, 0.2) is 72.9 Å². The van der Waals surface area contributed by atoms with Crippen LogP contribution in [0.25, 0.3) is 0 Å². The fraction of sp³-hybridized carbons (Fsp3) is 0.795. The molecule has 0 amide bonds. The fourth-order valence-electron chi connectivity index (χ4n) is 10.1. The van der Waals surface area contributed by atoms with E-state index in [-0.39, 0.29) is 31.1 Å². The third-order valence-electron chi connectivity index (χ3n) is 15.2. The smallest absolute Gasteiger partial charge is 0.306 e. The first-order valence-electron chi connectivity index (χ1n) is 34.4. The minimum absolute atomic E-state index is 0.0690. The zero-order chi connectivity index (χ0) is 57.1. The first-order valence-corrected chi connectivity index (χ1v) is 34.4. The van der Waals surface area contributed by atoms with Gasteiger partial charge in [0.25, 0.3) is 0 Å². The van der Waals surface area contributed by atoms with Gasteiger partial charge in [-0.05, 0) is 70.6 Å². The number of carbonyl (C=O) groups excluding carboxylic acids is 3. The van der Waals surface area contributed by atoms with Gasteiger partial charge in [0.1, 0.15) is 13.2 Å².